The summed E-state index contributed by atoms with van der Waals surface area (Å²) < 4.78 is 39.8. The third-order valence-electron chi connectivity index (χ3n) is 6.06. The highest BCUT2D eigenvalue weighted by molar-refractivity contribution is 6.30. The molecule has 9 heteroatoms. The lowest BCUT2D eigenvalue weighted by molar-refractivity contribution is -0.135. The van der Waals surface area contributed by atoms with Crippen LogP contribution in [-0.2, 0) is 16.1 Å². The first kappa shape index (κ1) is 26.4. The van der Waals surface area contributed by atoms with Gasteiger partial charge in [-0.15, -0.1) is 0 Å². The standard InChI is InChI=1S/C27H26Cl2F2N2O3/c28-20-6-4-19(5-7-20)26(36-17-23-24(30)2-1-3-25(23)31)16-32-12-14-33(15-13-32)27(34)18-35-22-10-8-21(29)9-11-22/h1-11,26H,12-18H2. The van der Waals surface area contributed by atoms with Crippen molar-refractivity contribution in [1.82, 2.24) is 9.80 Å². The molecule has 0 radical (unpaired) electrons. The van der Waals surface area contributed by atoms with Crippen molar-refractivity contribution in [2.24, 2.45) is 0 Å². The Morgan fingerprint density at radius 3 is 2.06 bits per heavy atom. The summed E-state index contributed by atoms with van der Waals surface area (Å²) in [5, 5.41) is 1.19. The summed E-state index contributed by atoms with van der Waals surface area (Å²) >= 11 is 11.9. The first-order valence-corrected chi connectivity index (χ1v) is 12.3. The number of piperazine rings is 1. The van der Waals surface area contributed by atoms with Crippen molar-refractivity contribution in [2.45, 2.75) is 12.7 Å². The van der Waals surface area contributed by atoms with Gasteiger partial charge in [0, 0.05) is 48.3 Å². The van der Waals surface area contributed by atoms with Gasteiger partial charge in [-0.1, -0.05) is 41.4 Å². The van der Waals surface area contributed by atoms with E-state index in [9.17, 15) is 13.6 Å². The summed E-state index contributed by atoms with van der Waals surface area (Å²) in [5.74, 6) is -0.790. The Kier molecular flexibility index (Phi) is 9.15. The Morgan fingerprint density at radius 1 is 0.861 bits per heavy atom. The van der Waals surface area contributed by atoms with E-state index in [2.05, 4.69) is 4.90 Å². The van der Waals surface area contributed by atoms with E-state index in [-0.39, 0.29) is 24.7 Å². The summed E-state index contributed by atoms with van der Waals surface area (Å²) in [5.41, 5.74) is 0.749. The molecule has 1 aliphatic rings. The van der Waals surface area contributed by atoms with E-state index in [1.807, 2.05) is 12.1 Å². The molecule has 1 heterocycles. The van der Waals surface area contributed by atoms with E-state index in [0.29, 0.717) is 48.5 Å². The predicted molar refractivity (Wildman–Crippen MR) is 135 cm³/mol. The highest BCUT2D eigenvalue weighted by Crippen LogP contribution is 2.25. The van der Waals surface area contributed by atoms with Gasteiger partial charge in [-0.2, -0.15) is 0 Å². The van der Waals surface area contributed by atoms with E-state index in [1.165, 1.54) is 18.2 Å². The van der Waals surface area contributed by atoms with Crippen molar-refractivity contribution in [2.75, 3.05) is 39.3 Å². The van der Waals surface area contributed by atoms with Crippen LogP contribution in [0.2, 0.25) is 10.0 Å². The minimum absolute atomic E-state index is 0.0493. The molecule has 1 atom stereocenters. The van der Waals surface area contributed by atoms with Crippen molar-refractivity contribution in [3.05, 3.63) is 99.5 Å². The molecule has 0 N–H and O–H groups in total. The SMILES string of the molecule is O=C(COc1ccc(Cl)cc1)N1CCN(CC(OCc2c(F)cccc2F)c2ccc(Cl)cc2)CC1. The van der Waals surface area contributed by atoms with Gasteiger partial charge in [-0.3, -0.25) is 9.69 Å². The lowest BCUT2D eigenvalue weighted by Gasteiger charge is -2.36. The highest BCUT2D eigenvalue weighted by atomic mass is 35.5. The number of carbonyl (C=O) groups is 1. The highest BCUT2D eigenvalue weighted by Gasteiger charge is 2.25. The van der Waals surface area contributed by atoms with Crippen molar-refractivity contribution < 1.29 is 23.0 Å². The van der Waals surface area contributed by atoms with E-state index in [4.69, 9.17) is 32.7 Å². The molecule has 190 valence electrons. The fourth-order valence-electron chi connectivity index (χ4n) is 3.97. The van der Waals surface area contributed by atoms with E-state index < -0.39 is 17.7 Å². The molecule has 0 bridgehead atoms. The number of nitrogens with zero attached hydrogens (tertiary/aromatic N) is 2. The van der Waals surface area contributed by atoms with E-state index in [0.717, 1.165) is 5.56 Å². The first-order chi connectivity index (χ1) is 17.4. The van der Waals surface area contributed by atoms with Gasteiger partial charge in [0.25, 0.3) is 5.91 Å². The third-order valence-corrected chi connectivity index (χ3v) is 6.56. The molecule has 1 unspecified atom stereocenters. The van der Waals surface area contributed by atoms with Crippen LogP contribution in [0.15, 0.2) is 66.7 Å². The summed E-state index contributed by atoms with van der Waals surface area (Å²) in [6.07, 6.45) is -0.434. The van der Waals surface area contributed by atoms with Gasteiger partial charge in [0.05, 0.1) is 12.7 Å². The van der Waals surface area contributed by atoms with Crippen LogP contribution < -0.4 is 4.74 Å². The number of carbonyl (C=O) groups excluding carboxylic acids is 1. The second kappa shape index (κ2) is 12.5. The fraction of sp³-hybridized carbons (Fsp3) is 0.296. The second-order valence-corrected chi connectivity index (χ2v) is 9.35. The van der Waals surface area contributed by atoms with Crippen molar-refractivity contribution >= 4 is 29.1 Å². The molecular weight excluding hydrogens is 509 g/mol. The maximum atomic E-state index is 14.1. The van der Waals surface area contributed by atoms with Gasteiger partial charge in [-0.25, -0.2) is 8.78 Å². The molecule has 0 aliphatic carbocycles. The molecule has 5 nitrogen and oxygen atoms in total. The molecule has 1 fully saturated rings. The van der Waals surface area contributed by atoms with Crippen LogP contribution in [0.5, 0.6) is 5.75 Å². The van der Waals surface area contributed by atoms with Crippen LogP contribution in [0.3, 0.4) is 0 Å². The average molecular weight is 535 g/mol. The van der Waals surface area contributed by atoms with Gasteiger partial charge in [-0.05, 0) is 54.1 Å². The lowest BCUT2D eigenvalue weighted by Crippen LogP contribution is -2.50. The normalized spacial score (nSPS) is 15.1. The van der Waals surface area contributed by atoms with Crippen molar-refractivity contribution in [3.8, 4) is 5.75 Å². The zero-order chi connectivity index (χ0) is 25.5. The molecule has 3 aromatic rings. The summed E-state index contributed by atoms with van der Waals surface area (Å²) in [6.45, 7) is 2.60. The number of ether oxygens (including phenoxy) is 2. The molecule has 0 aromatic heterocycles. The molecule has 4 rings (SSSR count). The van der Waals surface area contributed by atoms with E-state index >= 15 is 0 Å². The summed E-state index contributed by atoms with van der Waals surface area (Å²) in [6, 6.07) is 17.8. The van der Waals surface area contributed by atoms with Gasteiger partial charge in [0.1, 0.15) is 17.4 Å². The number of hydrogen-bond donors (Lipinski definition) is 0. The number of hydrogen-bond acceptors (Lipinski definition) is 4. The van der Waals surface area contributed by atoms with Crippen LogP contribution in [-0.4, -0.2) is 55.0 Å². The Morgan fingerprint density at radius 2 is 1.44 bits per heavy atom. The Labute approximate surface area is 219 Å². The monoisotopic (exact) mass is 534 g/mol. The van der Waals surface area contributed by atoms with Crippen LogP contribution in [0.25, 0.3) is 0 Å². The summed E-state index contributed by atoms with van der Waals surface area (Å²) in [7, 11) is 0. The minimum atomic E-state index is -0.641. The Bertz CT molecular complexity index is 1130. The Hall–Kier alpha value is -2.71. The molecule has 36 heavy (non-hydrogen) atoms. The molecular formula is C27H26Cl2F2N2O3. The van der Waals surface area contributed by atoms with Crippen molar-refractivity contribution in [3.63, 3.8) is 0 Å². The topological polar surface area (TPSA) is 42.0 Å². The van der Waals surface area contributed by atoms with Gasteiger partial charge >= 0.3 is 0 Å². The zero-order valence-electron chi connectivity index (χ0n) is 19.5. The smallest absolute Gasteiger partial charge is 0.260 e. The molecule has 3 aromatic carbocycles. The molecule has 0 spiro atoms. The zero-order valence-corrected chi connectivity index (χ0v) is 21.0. The molecule has 1 amide bonds. The first-order valence-electron chi connectivity index (χ1n) is 11.6. The Balaban J connectivity index is 1.33. The second-order valence-electron chi connectivity index (χ2n) is 8.48. The fourth-order valence-corrected chi connectivity index (χ4v) is 4.22. The van der Waals surface area contributed by atoms with Gasteiger partial charge in [0.15, 0.2) is 6.61 Å². The lowest BCUT2D eigenvalue weighted by atomic mass is 10.1. The van der Waals surface area contributed by atoms with Gasteiger partial charge in [0.2, 0.25) is 0 Å². The maximum absolute atomic E-state index is 14.1. The summed E-state index contributed by atoms with van der Waals surface area (Å²) in [4.78, 5) is 16.5. The molecule has 0 saturated carbocycles. The molecule has 1 saturated heterocycles. The number of benzene rings is 3. The van der Waals surface area contributed by atoms with E-state index in [1.54, 1.807) is 41.3 Å². The van der Waals surface area contributed by atoms with Crippen LogP contribution in [0.1, 0.15) is 17.2 Å². The number of rotatable bonds is 9. The largest absolute Gasteiger partial charge is 0.484 e. The maximum Gasteiger partial charge on any atom is 0.260 e. The predicted octanol–water partition coefficient (Wildman–Crippen LogP) is 5.75. The number of amides is 1. The third kappa shape index (κ3) is 7.17. The van der Waals surface area contributed by atoms with Crippen LogP contribution in [0.4, 0.5) is 8.78 Å². The van der Waals surface area contributed by atoms with Crippen molar-refractivity contribution in [1.29, 1.82) is 0 Å². The van der Waals surface area contributed by atoms with Crippen LogP contribution in [0, 0.1) is 11.6 Å². The average Bonchev–Trinajstić information content (AvgIpc) is 2.88. The van der Waals surface area contributed by atoms with Crippen LogP contribution >= 0.6 is 23.2 Å². The quantitative estimate of drug-likeness (QED) is 0.350. The van der Waals surface area contributed by atoms with Gasteiger partial charge < -0.3 is 14.4 Å². The number of halogens is 4. The minimum Gasteiger partial charge on any atom is -0.484 e. The molecule has 1 aliphatic heterocycles.